The average molecular weight is 306 g/mol. The number of rotatable bonds is 3. The fourth-order valence-corrected chi connectivity index (χ4v) is 2.18. The second-order valence-electron chi connectivity index (χ2n) is 4.43. The van der Waals surface area contributed by atoms with E-state index in [2.05, 4.69) is 5.32 Å². The summed E-state index contributed by atoms with van der Waals surface area (Å²) < 4.78 is 18.1. The van der Waals surface area contributed by atoms with Gasteiger partial charge in [0.2, 0.25) is 0 Å². The Morgan fingerprint density at radius 1 is 1.33 bits per heavy atom. The van der Waals surface area contributed by atoms with Crippen LogP contribution in [-0.4, -0.2) is 36.2 Å². The molecule has 1 heterocycles. The number of hydrogen-bond donors (Lipinski definition) is 2. The van der Waals surface area contributed by atoms with Crippen molar-refractivity contribution in [3.8, 4) is 6.07 Å². The highest BCUT2D eigenvalue weighted by molar-refractivity contribution is 7.81. The minimum atomic E-state index is -0.338. The molecule has 1 aromatic carbocycles. The predicted octanol–water partition coefficient (Wildman–Crippen LogP) is 1.59. The van der Waals surface area contributed by atoms with Crippen LogP contribution in [0, 0.1) is 17.1 Å². The molecular formula is C14H15FN4OS. The quantitative estimate of drug-likeness (QED) is 0.502. The van der Waals surface area contributed by atoms with Gasteiger partial charge in [-0.25, -0.2) is 4.39 Å². The van der Waals surface area contributed by atoms with Crippen LogP contribution in [0.15, 0.2) is 35.7 Å². The molecule has 3 N–H and O–H groups in total. The maximum atomic E-state index is 12.9. The lowest BCUT2D eigenvalue weighted by atomic mass is 10.2. The highest BCUT2D eigenvalue weighted by Crippen LogP contribution is 2.13. The molecule has 0 atom stereocenters. The number of hydrogen-bond acceptors (Lipinski definition) is 5. The standard InChI is InChI=1S/C14H15FN4OS/c15-10-1-3-11(4-2-10)18-14(21)12(9-16)13(17)19-5-7-20-8-6-19/h1-4H,5-8,17H2,(H,18,21)/b13-12+. The van der Waals surface area contributed by atoms with E-state index in [4.69, 9.17) is 22.7 Å². The van der Waals surface area contributed by atoms with Crippen LogP contribution in [0.4, 0.5) is 10.1 Å². The lowest BCUT2D eigenvalue weighted by Crippen LogP contribution is -2.40. The van der Waals surface area contributed by atoms with Gasteiger partial charge in [-0.3, -0.25) is 0 Å². The van der Waals surface area contributed by atoms with Crippen molar-refractivity contribution in [2.24, 2.45) is 5.73 Å². The Morgan fingerprint density at radius 2 is 1.95 bits per heavy atom. The van der Waals surface area contributed by atoms with E-state index < -0.39 is 0 Å². The first-order chi connectivity index (χ1) is 10.1. The van der Waals surface area contributed by atoms with Crippen molar-refractivity contribution in [1.82, 2.24) is 4.90 Å². The van der Waals surface area contributed by atoms with Gasteiger partial charge < -0.3 is 20.7 Å². The predicted molar refractivity (Wildman–Crippen MR) is 81.8 cm³/mol. The van der Waals surface area contributed by atoms with E-state index in [1.54, 1.807) is 12.1 Å². The summed E-state index contributed by atoms with van der Waals surface area (Å²) in [6.45, 7) is 2.38. The maximum absolute atomic E-state index is 12.9. The number of ether oxygens (including phenoxy) is 1. The first kappa shape index (κ1) is 15.2. The van der Waals surface area contributed by atoms with Gasteiger partial charge in [0.25, 0.3) is 0 Å². The zero-order valence-corrected chi connectivity index (χ0v) is 12.1. The molecular weight excluding hydrogens is 291 g/mol. The topological polar surface area (TPSA) is 74.3 Å². The number of benzene rings is 1. The van der Waals surface area contributed by atoms with Crippen LogP contribution in [-0.2, 0) is 4.74 Å². The van der Waals surface area contributed by atoms with Crippen LogP contribution < -0.4 is 11.1 Å². The number of nitriles is 1. The van der Waals surface area contributed by atoms with E-state index in [0.717, 1.165) is 0 Å². The summed E-state index contributed by atoms with van der Waals surface area (Å²) in [6, 6.07) is 7.73. The van der Waals surface area contributed by atoms with Crippen molar-refractivity contribution < 1.29 is 9.13 Å². The van der Waals surface area contributed by atoms with Crippen LogP contribution in [0.25, 0.3) is 0 Å². The van der Waals surface area contributed by atoms with Gasteiger partial charge in [0.15, 0.2) is 0 Å². The Kier molecular flexibility index (Phi) is 5.09. The minimum absolute atomic E-state index is 0.205. The van der Waals surface area contributed by atoms with Gasteiger partial charge in [0, 0.05) is 18.8 Å². The number of thiocarbonyl (C=S) groups is 1. The first-order valence-electron chi connectivity index (χ1n) is 6.41. The molecule has 0 amide bonds. The van der Waals surface area contributed by atoms with Gasteiger partial charge in [0.1, 0.15) is 28.3 Å². The van der Waals surface area contributed by atoms with E-state index in [1.165, 1.54) is 12.1 Å². The Labute approximate surface area is 127 Å². The molecule has 1 saturated heterocycles. The molecule has 1 aliphatic heterocycles. The van der Waals surface area contributed by atoms with Gasteiger partial charge in [-0.1, -0.05) is 12.2 Å². The lowest BCUT2D eigenvalue weighted by molar-refractivity contribution is 0.0528. The van der Waals surface area contributed by atoms with E-state index in [-0.39, 0.29) is 16.4 Å². The fraction of sp³-hybridized carbons (Fsp3) is 0.286. The zero-order valence-electron chi connectivity index (χ0n) is 11.3. The number of nitrogens with one attached hydrogen (secondary N) is 1. The van der Waals surface area contributed by atoms with Crippen LogP contribution in [0.5, 0.6) is 0 Å². The molecule has 0 aromatic heterocycles. The third-order valence-corrected chi connectivity index (χ3v) is 3.36. The molecule has 5 nitrogen and oxygen atoms in total. The van der Waals surface area contributed by atoms with Gasteiger partial charge in [0.05, 0.1) is 13.2 Å². The Morgan fingerprint density at radius 3 is 2.52 bits per heavy atom. The molecule has 1 aliphatic rings. The molecule has 0 bridgehead atoms. The largest absolute Gasteiger partial charge is 0.384 e. The number of morpholine rings is 1. The van der Waals surface area contributed by atoms with Crippen LogP contribution in [0.1, 0.15) is 0 Å². The lowest BCUT2D eigenvalue weighted by Gasteiger charge is -2.29. The number of nitrogens with two attached hydrogens (primary N) is 1. The van der Waals surface area contributed by atoms with Gasteiger partial charge in [-0.15, -0.1) is 0 Å². The minimum Gasteiger partial charge on any atom is -0.384 e. The molecule has 0 radical (unpaired) electrons. The van der Waals surface area contributed by atoms with E-state index in [1.807, 2.05) is 11.0 Å². The van der Waals surface area contributed by atoms with Crippen LogP contribution >= 0.6 is 12.2 Å². The summed E-state index contributed by atoms with van der Waals surface area (Å²) in [7, 11) is 0. The van der Waals surface area contributed by atoms with Crippen molar-refractivity contribution in [3.63, 3.8) is 0 Å². The first-order valence-corrected chi connectivity index (χ1v) is 6.82. The maximum Gasteiger partial charge on any atom is 0.127 e. The summed E-state index contributed by atoms with van der Waals surface area (Å²) in [4.78, 5) is 2.08. The Hall–Kier alpha value is -2.17. The fourth-order valence-electron chi connectivity index (χ4n) is 1.91. The number of nitrogens with zero attached hydrogens (tertiary/aromatic N) is 2. The normalized spacial score (nSPS) is 15.9. The third-order valence-electron chi connectivity index (χ3n) is 3.05. The highest BCUT2D eigenvalue weighted by Gasteiger charge is 2.18. The van der Waals surface area contributed by atoms with E-state index in [9.17, 15) is 9.65 Å². The second-order valence-corrected chi connectivity index (χ2v) is 4.84. The number of halogens is 1. The number of anilines is 1. The molecule has 0 spiro atoms. The van der Waals surface area contributed by atoms with Gasteiger partial charge in [-0.2, -0.15) is 5.26 Å². The molecule has 0 unspecified atom stereocenters. The molecule has 2 rings (SSSR count). The molecule has 0 aliphatic carbocycles. The molecule has 21 heavy (non-hydrogen) atoms. The molecule has 1 fully saturated rings. The summed E-state index contributed by atoms with van der Waals surface area (Å²) in [5.41, 5.74) is 6.83. The molecule has 7 heteroatoms. The molecule has 1 aromatic rings. The Balaban J connectivity index is 2.14. The van der Waals surface area contributed by atoms with Gasteiger partial charge in [-0.05, 0) is 24.3 Å². The van der Waals surface area contributed by atoms with Crippen LogP contribution in [0.3, 0.4) is 0 Å². The monoisotopic (exact) mass is 306 g/mol. The molecule has 110 valence electrons. The molecule has 0 saturated carbocycles. The third kappa shape index (κ3) is 3.90. The van der Waals surface area contributed by atoms with Crippen LogP contribution in [0.2, 0.25) is 0 Å². The van der Waals surface area contributed by atoms with E-state index in [0.29, 0.717) is 37.8 Å². The second kappa shape index (κ2) is 7.02. The highest BCUT2D eigenvalue weighted by atomic mass is 32.1. The summed E-state index contributed by atoms with van der Waals surface area (Å²) in [5, 5.41) is 12.2. The van der Waals surface area contributed by atoms with Gasteiger partial charge >= 0.3 is 0 Å². The smallest absolute Gasteiger partial charge is 0.127 e. The zero-order chi connectivity index (χ0) is 15.2. The van der Waals surface area contributed by atoms with Crippen molar-refractivity contribution in [3.05, 3.63) is 41.5 Å². The Bertz CT molecular complexity index is 588. The van der Waals surface area contributed by atoms with Crippen molar-refractivity contribution in [2.45, 2.75) is 0 Å². The average Bonchev–Trinajstić information content (AvgIpc) is 2.51. The SMILES string of the molecule is N#C/C(C(=S)Nc1ccc(F)cc1)=C(/N)N1CCOCC1. The summed E-state index contributed by atoms with van der Waals surface area (Å²) in [6.07, 6.45) is 0. The van der Waals surface area contributed by atoms with Crippen molar-refractivity contribution in [1.29, 1.82) is 5.26 Å². The van der Waals surface area contributed by atoms with Crippen molar-refractivity contribution >= 4 is 22.9 Å². The van der Waals surface area contributed by atoms with E-state index >= 15 is 0 Å². The summed E-state index contributed by atoms with van der Waals surface area (Å²) in [5.74, 6) is -0.00393. The summed E-state index contributed by atoms with van der Waals surface area (Å²) >= 11 is 5.21. The van der Waals surface area contributed by atoms with Crippen molar-refractivity contribution in [2.75, 3.05) is 31.6 Å².